The molecular weight excluding hydrogens is 394 g/mol. The van der Waals surface area contributed by atoms with Crippen LogP contribution in [0.3, 0.4) is 0 Å². The highest BCUT2D eigenvalue weighted by atomic mass is 16.1. The first-order valence-electron chi connectivity index (χ1n) is 11.5. The second-order valence-electron chi connectivity index (χ2n) is 8.39. The van der Waals surface area contributed by atoms with E-state index < -0.39 is 0 Å². The van der Waals surface area contributed by atoms with E-state index in [9.17, 15) is 4.79 Å². The van der Waals surface area contributed by atoms with E-state index >= 15 is 0 Å². The highest BCUT2D eigenvalue weighted by Gasteiger charge is 2.11. The molecule has 0 spiro atoms. The zero-order chi connectivity index (χ0) is 22.0. The summed E-state index contributed by atoms with van der Waals surface area (Å²) in [6, 6.07) is 20.5. The second kappa shape index (κ2) is 11.4. The predicted molar refractivity (Wildman–Crippen MR) is 131 cm³/mol. The average molecular weight is 426 g/mol. The normalized spacial score (nSPS) is 14.1. The number of carbonyl (C=O) groups excluding carboxylic acids is 1. The Labute approximate surface area is 191 Å². The van der Waals surface area contributed by atoms with Gasteiger partial charge in [-0.05, 0) is 91.8 Å². The van der Waals surface area contributed by atoms with Crippen LogP contribution in [0.4, 0.5) is 0 Å². The Balaban J connectivity index is 1.32. The minimum absolute atomic E-state index is 0.0160. The molecule has 1 aliphatic heterocycles. The van der Waals surface area contributed by atoms with Gasteiger partial charge in [-0.1, -0.05) is 48.6 Å². The molecule has 1 aromatic heterocycles. The van der Waals surface area contributed by atoms with Gasteiger partial charge in [-0.2, -0.15) is 0 Å². The number of carbonyl (C=O) groups is 1. The van der Waals surface area contributed by atoms with Gasteiger partial charge in [-0.15, -0.1) is 0 Å². The molecule has 4 heteroatoms. The van der Waals surface area contributed by atoms with E-state index in [1.807, 2.05) is 30.3 Å². The lowest BCUT2D eigenvalue weighted by molar-refractivity contribution is 0.0952. The van der Waals surface area contributed by atoms with Crippen molar-refractivity contribution >= 4 is 18.1 Å². The van der Waals surface area contributed by atoms with Crippen molar-refractivity contribution in [1.82, 2.24) is 15.2 Å². The Bertz CT molecular complexity index is 1040. The molecule has 164 valence electrons. The van der Waals surface area contributed by atoms with Gasteiger partial charge in [-0.25, -0.2) is 0 Å². The van der Waals surface area contributed by atoms with Crippen LogP contribution in [-0.2, 0) is 6.42 Å². The standard InChI is InChI=1S/C28H31N3O/c32-28(30-14-5-19-31-17-1-2-18-31)27-9-4-8-26(22-27)21-25-7-3-6-24(20-25)11-10-23-12-15-29-16-13-23/h3-4,6-13,15-16,20,22H,1-2,5,14,17-19,21H2,(H,30,32)/b11-10+. The topological polar surface area (TPSA) is 45.2 Å². The number of hydrogen-bond acceptors (Lipinski definition) is 3. The first kappa shape index (κ1) is 22.0. The van der Waals surface area contributed by atoms with Crippen molar-refractivity contribution in [3.8, 4) is 0 Å². The van der Waals surface area contributed by atoms with Crippen molar-refractivity contribution in [2.45, 2.75) is 25.7 Å². The molecule has 0 aliphatic carbocycles. The van der Waals surface area contributed by atoms with E-state index in [-0.39, 0.29) is 5.91 Å². The average Bonchev–Trinajstić information content (AvgIpc) is 3.35. The third-order valence-electron chi connectivity index (χ3n) is 5.86. The molecule has 1 amide bonds. The van der Waals surface area contributed by atoms with Crippen molar-refractivity contribution in [1.29, 1.82) is 0 Å². The lowest BCUT2D eigenvalue weighted by atomic mass is 10.0. The Kier molecular flexibility index (Phi) is 7.83. The molecule has 0 atom stereocenters. The van der Waals surface area contributed by atoms with E-state index in [4.69, 9.17) is 0 Å². The maximum Gasteiger partial charge on any atom is 0.251 e. The highest BCUT2D eigenvalue weighted by Crippen LogP contribution is 2.15. The molecule has 4 rings (SSSR count). The molecule has 1 fully saturated rings. The van der Waals surface area contributed by atoms with Crippen LogP contribution in [0.1, 0.15) is 51.9 Å². The van der Waals surface area contributed by atoms with Gasteiger partial charge >= 0.3 is 0 Å². The maximum absolute atomic E-state index is 12.6. The number of aromatic nitrogens is 1. The third-order valence-corrected chi connectivity index (χ3v) is 5.86. The summed E-state index contributed by atoms with van der Waals surface area (Å²) in [4.78, 5) is 19.1. The number of pyridine rings is 1. The smallest absolute Gasteiger partial charge is 0.251 e. The van der Waals surface area contributed by atoms with Crippen molar-refractivity contribution in [3.63, 3.8) is 0 Å². The fraction of sp³-hybridized carbons (Fsp3) is 0.286. The summed E-state index contributed by atoms with van der Waals surface area (Å²) in [5.41, 5.74) is 5.39. The number of benzene rings is 2. The van der Waals surface area contributed by atoms with Gasteiger partial charge in [0.25, 0.3) is 5.91 Å². The van der Waals surface area contributed by atoms with Crippen LogP contribution in [0.5, 0.6) is 0 Å². The lowest BCUT2D eigenvalue weighted by Crippen LogP contribution is -2.28. The van der Waals surface area contributed by atoms with Gasteiger partial charge < -0.3 is 10.2 Å². The molecule has 2 heterocycles. The van der Waals surface area contributed by atoms with Crippen LogP contribution in [0.25, 0.3) is 12.2 Å². The Hall–Kier alpha value is -3.24. The Morgan fingerprint density at radius 1 is 0.906 bits per heavy atom. The summed E-state index contributed by atoms with van der Waals surface area (Å²) >= 11 is 0. The van der Waals surface area contributed by atoms with E-state index in [1.54, 1.807) is 12.4 Å². The van der Waals surface area contributed by atoms with Crippen LogP contribution >= 0.6 is 0 Å². The lowest BCUT2D eigenvalue weighted by Gasteiger charge is -2.14. The van der Waals surface area contributed by atoms with Crippen molar-refractivity contribution in [2.75, 3.05) is 26.2 Å². The zero-order valence-electron chi connectivity index (χ0n) is 18.5. The molecular formula is C28H31N3O. The van der Waals surface area contributed by atoms with E-state index in [0.29, 0.717) is 0 Å². The number of amides is 1. The summed E-state index contributed by atoms with van der Waals surface area (Å²) < 4.78 is 0. The second-order valence-corrected chi connectivity index (χ2v) is 8.39. The molecule has 0 saturated carbocycles. The molecule has 0 bridgehead atoms. The highest BCUT2D eigenvalue weighted by molar-refractivity contribution is 5.94. The SMILES string of the molecule is O=C(NCCCN1CCCC1)c1cccc(Cc2cccc(/C=C/c3ccncc3)c2)c1. The summed E-state index contributed by atoms with van der Waals surface area (Å²) in [7, 11) is 0. The van der Waals surface area contributed by atoms with Crippen molar-refractivity contribution in [2.24, 2.45) is 0 Å². The molecule has 1 N–H and O–H groups in total. The number of likely N-dealkylation sites (tertiary alicyclic amines) is 1. The fourth-order valence-electron chi connectivity index (χ4n) is 4.14. The van der Waals surface area contributed by atoms with Crippen molar-refractivity contribution in [3.05, 3.63) is 101 Å². The minimum Gasteiger partial charge on any atom is -0.352 e. The fourth-order valence-corrected chi connectivity index (χ4v) is 4.14. The summed E-state index contributed by atoms with van der Waals surface area (Å²) in [6.07, 6.45) is 12.2. The maximum atomic E-state index is 12.6. The quantitative estimate of drug-likeness (QED) is 0.488. The predicted octanol–water partition coefficient (Wildman–Crippen LogP) is 5.06. The first-order chi connectivity index (χ1) is 15.8. The molecule has 2 aromatic carbocycles. The molecule has 4 nitrogen and oxygen atoms in total. The van der Waals surface area contributed by atoms with E-state index in [0.717, 1.165) is 48.2 Å². The molecule has 3 aromatic rings. The number of rotatable bonds is 9. The van der Waals surface area contributed by atoms with Crippen LogP contribution < -0.4 is 5.32 Å². The van der Waals surface area contributed by atoms with Gasteiger partial charge in [0.2, 0.25) is 0 Å². The molecule has 1 saturated heterocycles. The van der Waals surface area contributed by atoms with Gasteiger partial charge in [0.1, 0.15) is 0 Å². The van der Waals surface area contributed by atoms with Gasteiger partial charge in [0, 0.05) is 24.5 Å². The monoisotopic (exact) mass is 425 g/mol. The summed E-state index contributed by atoms with van der Waals surface area (Å²) in [6.45, 7) is 4.21. The minimum atomic E-state index is 0.0160. The van der Waals surface area contributed by atoms with Crippen LogP contribution in [0.15, 0.2) is 73.1 Å². The molecule has 0 radical (unpaired) electrons. The number of nitrogens with zero attached hydrogens (tertiary/aromatic N) is 2. The number of hydrogen-bond donors (Lipinski definition) is 1. The van der Waals surface area contributed by atoms with Crippen LogP contribution in [-0.4, -0.2) is 42.0 Å². The Morgan fingerprint density at radius 3 is 2.44 bits per heavy atom. The van der Waals surface area contributed by atoms with E-state index in [1.165, 1.54) is 31.5 Å². The molecule has 1 aliphatic rings. The van der Waals surface area contributed by atoms with Gasteiger partial charge in [0.15, 0.2) is 0 Å². The third kappa shape index (κ3) is 6.63. The zero-order valence-corrected chi connectivity index (χ0v) is 18.5. The Morgan fingerprint density at radius 2 is 1.62 bits per heavy atom. The number of nitrogens with one attached hydrogen (secondary N) is 1. The van der Waals surface area contributed by atoms with Crippen LogP contribution in [0.2, 0.25) is 0 Å². The van der Waals surface area contributed by atoms with Crippen LogP contribution in [0, 0.1) is 0 Å². The summed E-state index contributed by atoms with van der Waals surface area (Å²) in [5.74, 6) is 0.0160. The largest absolute Gasteiger partial charge is 0.352 e. The van der Waals surface area contributed by atoms with E-state index in [2.05, 4.69) is 57.7 Å². The first-order valence-corrected chi connectivity index (χ1v) is 11.5. The van der Waals surface area contributed by atoms with Gasteiger partial charge in [0.05, 0.1) is 0 Å². The van der Waals surface area contributed by atoms with Crippen molar-refractivity contribution < 1.29 is 4.79 Å². The molecule has 0 unspecified atom stereocenters. The summed E-state index contributed by atoms with van der Waals surface area (Å²) in [5, 5.41) is 3.08. The molecule has 32 heavy (non-hydrogen) atoms. The van der Waals surface area contributed by atoms with Gasteiger partial charge in [-0.3, -0.25) is 9.78 Å².